The number of nitrogens with zero attached hydrogens (tertiary/aromatic N) is 2. The van der Waals surface area contributed by atoms with Crippen molar-refractivity contribution in [3.05, 3.63) is 28.8 Å². The average Bonchev–Trinajstić information content (AvgIpc) is 2.86. The van der Waals surface area contributed by atoms with Crippen LogP contribution in [0.1, 0.15) is 36.5 Å². The fraction of sp³-hybridized carbons (Fsp3) is 0.579. The molecule has 0 aliphatic carbocycles. The first-order valence-electron chi connectivity index (χ1n) is 9.05. The van der Waals surface area contributed by atoms with Crippen molar-refractivity contribution in [2.75, 3.05) is 26.3 Å². The molecule has 0 radical (unpaired) electrons. The van der Waals surface area contributed by atoms with Crippen LogP contribution in [-0.2, 0) is 16.1 Å². The highest BCUT2D eigenvalue weighted by Crippen LogP contribution is 2.30. The number of likely N-dealkylation sites (N-methyl/N-ethyl adjacent to an activating group) is 1. The molecule has 6 nitrogen and oxygen atoms in total. The van der Waals surface area contributed by atoms with Crippen LogP contribution in [0.2, 0.25) is 0 Å². The fourth-order valence-corrected chi connectivity index (χ4v) is 3.58. The molecule has 0 spiro atoms. The van der Waals surface area contributed by atoms with E-state index in [1.54, 1.807) is 9.80 Å². The summed E-state index contributed by atoms with van der Waals surface area (Å²) < 4.78 is 6.32. The third kappa shape index (κ3) is 3.79. The Hall–Kier alpha value is -2.08. The van der Waals surface area contributed by atoms with Gasteiger partial charge >= 0.3 is 11.8 Å². The number of ether oxygens (including phenoxy) is 1. The lowest BCUT2D eigenvalue weighted by atomic mass is 10.0. The second-order valence-electron chi connectivity index (χ2n) is 6.94. The minimum Gasteiger partial charge on any atom is -0.490 e. The quantitative estimate of drug-likeness (QED) is 0.823. The number of carbonyl (C=O) groups excluding carboxylic acids is 2. The van der Waals surface area contributed by atoms with Gasteiger partial charge in [0.15, 0.2) is 0 Å². The van der Waals surface area contributed by atoms with Crippen molar-refractivity contribution in [3.63, 3.8) is 0 Å². The van der Waals surface area contributed by atoms with Gasteiger partial charge in [-0.1, -0.05) is 17.7 Å². The summed E-state index contributed by atoms with van der Waals surface area (Å²) in [7, 11) is 0. The van der Waals surface area contributed by atoms with Crippen LogP contribution >= 0.6 is 0 Å². The Bertz CT molecular complexity index is 668. The summed E-state index contributed by atoms with van der Waals surface area (Å²) in [4.78, 5) is 27.4. The lowest BCUT2D eigenvalue weighted by Gasteiger charge is -2.27. The molecule has 2 heterocycles. The van der Waals surface area contributed by atoms with E-state index in [0.29, 0.717) is 19.8 Å². The molecule has 1 aromatic rings. The largest absolute Gasteiger partial charge is 0.490 e. The Morgan fingerprint density at radius 2 is 1.80 bits per heavy atom. The number of benzene rings is 1. The van der Waals surface area contributed by atoms with E-state index in [1.165, 1.54) is 0 Å². The van der Waals surface area contributed by atoms with Gasteiger partial charge in [-0.2, -0.15) is 0 Å². The molecule has 1 N–H and O–H groups in total. The molecule has 0 bridgehead atoms. The van der Waals surface area contributed by atoms with Gasteiger partial charge in [0.2, 0.25) is 0 Å². The summed E-state index contributed by atoms with van der Waals surface area (Å²) in [6, 6.07) is 4.17. The van der Waals surface area contributed by atoms with E-state index in [0.717, 1.165) is 48.4 Å². The minimum atomic E-state index is -0.422. The highest BCUT2D eigenvalue weighted by molar-refractivity contribution is 6.36. The van der Waals surface area contributed by atoms with Crippen molar-refractivity contribution >= 4 is 11.8 Å². The van der Waals surface area contributed by atoms with Crippen LogP contribution in [0.5, 0.6) is 5.75 Å². The van der Waals surface area contributed by atoms with Gasteiger partial charge in [-0.15, -0.1) is 0 Å². The molecule has 6 heteroatoms. The minimum absolute atomic E-state index is 0.199. The predicted molar refractivity (Wildman–Crippen MR) is 95.2 cm³/mol. The summed E-state index contributed by atoms with van der Waals surface area (Å²) in [6.45, 7) is 9.22. The normalized spacial score (nSPS) is 19.0. The Morgan fingerprint density at radius 1 is 1.12 bits per heavy atom. The lowest BCUT2D eigenvalue weighted by molar-refractivity contribution is -0.143. The van der Waals surface area contributed by atoms with Crippen molar-refractivity contribution < 1.29 is 14.3 Å². The summed E-state index contributed by atoms with van der Waals surface area (Å²) >= 11 is 0. The van der Waals surface area contributed by atoms with E-state index >= 15 is 0 Å². The standard InChI is InChI=1S/C19H27N3O3/c1-4-21-12-22(19(24)18(21)23)11-15-10-13(2)9-14(3)17(15)25-16-5-7-20-8-6-16/h9-10,16,20H,4-8,11-12H2,1-3H3. The highest BCUT2D eigenvalue weighted by Gasteiger charge is 2.35. The number of aryl methyl sites for hydroxylation is 2. The van der Waals surface area contributed by atoms with Crippen molar-refractivity contribution in [2.45, 2.75) is 46.3 Å². The van der Waals surface area contributed by atoms with Crippen LogP contribution < -0.4 is 10.1 Å². The molecule has 2 aliphatic heterocycles. The molecule has 0 unspecified atom stereocenters. The number of rotatable bonds is 5. The van der Waals surface area contributed by atoms with Crippen LogP contribution in [0.4, 0.5) is 0 Å². The summed E-state index contributed by atoms with van der Waals surface area (Å²) in [6.07, 6.45) is 2.17. The highest BCUT2D eigenvalue weighted by atomic mass is 16.5. The van der Waals surface area contributed by atoms with Gasteiger partial charge in [-0.05, 0) is 52.3 Å². The summed E-state index contributed by atoms with van der Waals surface area (Å²) in [5.41, 5.74) is 3.20. The SMILES string of the molecule is CCN1CN(Cc2cc(C)cc(C)c2OC2CCNCC2)C(=O)C1=O. The Labute approximate surface area is 149 Å². The number of carbonyl (C=O) groups is 2. The van der Waals surface area contributed by atoms with E-state index in [-0.39, 0.29) is 6.10 Å². The van der Waals surface area contributed by atoms with E-state index in [9.17, 15) is 9.59 Å². The molecule has 136 valence electrons. The first-order chi connectivity index (χ1) is 12.0. The van der Waals surface area contributed by atoms with Gasteiger partial charge in [0.25, 0.3) is 0 Å². The number of hydrogen-bond donors (Lipinski definition) is 1. The van der Waals surface area contributed by atoms with Crippen molar-refractivity contribution in [2.24, 2.45) is 0 Å². The fourth-order valence-electron chi connectivity index (χ4n) is 3.58. The van der Waals surface area contributed by atoms with E-state index < -0.39 is 11.8 Å². The van der Waals surface area contributed by atoms with Gasteiger partial charge in [0.1, 0.15) is 11.9 Å². The van der Waals surface area contributed by atoms with Crippen LogP contribution in [0.15, 0.2) is 12.1 Å². The number of amides is 2. The number of hydrogen-bond acceptors (Lipinski definition) is 4. The zero-order valence-electron chi connectivity index (χ0n) is 15.3. The molecule has 2 amide bonds. The van der Waals surface area contributed by atoms with E-state index in [2.05, 4.69) is 17.4 Å². The summed E-state index contributed by atoms with van der Waals surface area (Å²) in [5, 5.41) is 3.34. The topological polar surface area (TPSA) is 61.9 Å². The van der Waals surface area contributed by atoms with E-state index in [4.69, 9.17) is 4.74 Å². The predicted octanol–water partition coefficient (Wildman–Crippen LogP) is 1.58. The number of piperidine rings is 1. The van der Waals surface area contributed by atoms with Gasteiger partial charge in [-0.3, -0.25) is 9.59 Å². The molecule has 3 rings (SSSR count). The molecule has 1 aromatic carbocycles. The molecule has 0 atom stereocenters. The molecule has 0 aromatic heterocycles. The third-order valence-electron chi connectivity index (χ3n) is 4.91. The maximum absolute atomic E-state index is 12.2. The molecular formula is C19H27N3O3. The Morgan fingerprint density at radius 3 is 2.44 bits per heavy atom. The number of nitrogens with one attached hydrogen (secondary N) is 1. The zero-order chi connectivity index (χ0) is 18.0. The molecule has 2 saturated heterocycles. The first-order valence-corrected chi connectivity index (χ1v) is 9.05. The molecule has 2 fully saturated rings. The van der Waals surface area contributed by atoms with Crippen LogP contribution in [0.3, 0.4) is 0 Å². The van der Waals surface area contributed by atoms with Crippen LogP contribution in [-0.4, -0.2) is 54.0 Å². The second-order valence-corrected chi connectivity index (χ2v) is 6.94. The summed E-state index contributed by atoms with van der Waals surface area (Å²) in [5.74, 6) is 0.0363. The van der Waals surface area contributed by atoms with Gasteiger partial charge in [0, 0.05) is 12.1 Å². The maximum Gasteiger partial charge on any atom is 0.313 e. The zero-order valence-corrected chi connectivity index (χ0v) is 15.3. The Kier molecular flexibility index (Phi) is 5.27. The van der Waals surface area contributed by atoms with Crippen molar-refractivity contribution in [1.82, 2.24) is 15.1 Å². The maximum atomic E-state index is 12.2. The molecular weight excluding hydrogens is 318 g/mol. The van der Waals surface area contributed by atoms with Crippen LogP contribution in [0.25, 0.3) is 0 Å². The van der Waals surface area contributed by atoms with Crippen LogP contribution in [0, 0.1) is 13.8 Å². The second kappa shape index (κ2) is 7.44. The molecule has 25 heavy (non-hydrogen) atoms. The molecule has 2 aliphatic rings. The molecule has 0 saturated carbocycles. The van der Waals surface area contributed by atoms with Crippen molar-refractivity contribution in [1.29, 1.82) is 0 Å². The van der Waals surface area contributed by atoms with Gasteiger partial charge in [-0.25, -0.2) is 0 Å². The smallest absolute Gasteiger partial charge is 0.313 e. The van der Waals surface area contributed by atoms with E-state index in [1.807, 2.05) is 20.8 Å². The first kappa shape index (κ1) is 17.7. The Balaban J connectivity index is 1.82. The monoisotopic (exact) mass is 345 g/mol. The third-order valence-corrected chi connectivity index (χ3v) is 4.91. The average molecular weight is 345 g/mol. The lowest BCUT2D eigenvalue weighted by Crippen LogP contribution is -2.34. The van der Waals surface area contributed by atoms with Crippen molar-refractivity contribution in [3.8, 4) is 5.75 Å². The van der Waals surface area contributed by atoms with Gasteiger partial charge < -0.3 is 19.9 Å². The van der Waals surface area contributed by atoms with Gasteiger partial charge in [0.05, 0.1) is 13.2 Å².